The Morgan fingerprint density at radius 2 is 1.84 bits per heavy atom. The summed E-state index contributed by atoms with van der Waals surface area (Å²) in [6.45, 7) is 8.07. The topological polar surface area (TPSA) is 113 Å². The average molecular weight is 522 g/mol. The van der Waals surface area contributed by atoms with Gasteiger partial charge in [0, 0.05) is 10.9 Å². The second kappa shape index (κ2) is 9.48. The maximum absolute atomic E-state index is 13.1. The van der Waals surface area contributed by atoms with Crippen LogP contribution in [0.15, 0.2) is 59.7 Å². The summed E-state index contributed by atoms with van der Waals surface area (Å²) in [4.78, 5) is 16.2. The Morgan fingerprint density at radius 1 is 1.03 bits per heavy atom. The summed E-state index contributed by atoms with van der Waals surface area (Å²) in [5.41, 5.74) is 5.40. The third-order valence-electron chi connectivity index (χ3n) is 6.66. The van der Waals surface area contributed by atoms with Crippen LogP contribution in [-0.4, -0.2) is 59.4 Å². The van der Waals surface area contributed by atoms with Crippen molar-refractivity contribution in [1.29, 1.82) is 0 Å². The molecule has 3 aliphatic rings. The molecule has 38 heavy (non-hydrogen) atoms. The summed E-state index contributed by atoms with van der Waals surface area (Å²) in [5.74, 6) is -1.26. The fourth-order valence-electron chi connectivity index (χ4n) is 4.91. The Hall–Kier alpha value is -3.28. The zero-order chi connectivity index (χ0) is 26.5. The van der Waals surface area contributed by atoms with Crippen molar-refractivity contribution in [2.24, 2.45) is 5.10 Å². The van der Waals surface area contributed by atoms with Crippen LogP contribution in [0.5, 0.6) is 5.75 Å². The molecule has 0 aliphatic carbocycles. The molecule has 0 bridgehead atoms. The molecule has 10 nitrogen and oxygen atoms in total. The van der Waals surface area contributed by atoms with Crippen LogP contribution in [0.4, 0.5) is 0 Å². The van der Waals surface area contributed by atoms with Crippen LogP contribution < -0.4 is 10.2 Å². The molecule has 1 amide bonds. The number of carbonyl (C=O) groups excluding carboxylic acids is 1. The molecule has 0 spiro atoms. The van der Waals surface area contributed by atoms with Crippen LogP contribution in [0.25, 0.3) is 10.9 Å². The van der Waals surface area contributed by atoms with E-state index in [1.807, 2.05) is 62.4 Å². The molecule has 3 aromatic rings. The van der Waals surface area contributed by atoms with E-state index in [1.165, 1.54) is 0 Å². The Balaban J connectivity index is 1.18. The van der Waals surface area contributed by atoms with E-state index in [-0.39, 0.29) is 0 Å². The second-order valence-corrected chi connectivity index (χ2v) is 10.5. The van der Waals surface area contributed by atoms with Crippen LogP contribution >= 0.6 is 0 Å². The first kappa shape index (κ1) is 25.0. The van der Waals surface area contributed by atoms with E-state index >= 15 is 0 Å². The van der Waals surface area contributed by atoms with Crippen molar-refractivity contribution in [3.63, 3.8) is 0 Å². The van der Waals surface area contributed by atoms with Gasteiger partial charge in [0.05, 0.1) is 6.61 Å². The van der Waals surface area contributed by atoms with Crippen molar-refractivity contribution in [1.82, 2.24) is 10.4 Å². The van der Waals surface area contributed by atoms with Gasteiger partial charge in [-0.2, -0.15) is 5.10 Å². The lowest BCUT2D eigenvalue weighted by Crippen LogP contribution is -2.41. The zero-order valence-corrected chi connectivity index (χ0v) is 21.7. The van der Waals surface area contributed by atoms with Gasteiger partial charge in [0.25, 0.3) is 5.91 Å². The molecule has 4 heterocycles. The highest BCUT2D eigenvalue weighted by Crippen LogP contribution is 2.39. The van der Waals surface area contributed by atoms with Crippen LogP contribution in [-0.2, 0) is 30.3 Å². The Bertz CT molecular complexity index is 1370. The molecule has 2 N–H and O–H groups in total. The fourth-order valence-corrected chi connectivity index (χ4v) is 4.91. The molecular weight excluding hydrogens is 490 g/mol. The molecule has 6 rings (SSSR count). The predicted molar refractivity (Wildman–Crippen MR) is 138 cm³/mol. The van der Waals surface area contributed by atoms with Gasteiger partial charge in [-0.1, -0.05) is 30.3 Å². The maximum atomic E-state index is 13.1. The minimum Gasteiger partial charge on any atom is -0.489 e. The first-order chi connectivity index (χ1) is 18.2. The normalized spacial score (nSPS) is 28.6. The van der Waals surface area contributed by atoms with Gasteiger partial charge in [0.2, 0.25) is 0 Å². The molecule has 10 heteroatoms. The molecule has 3 aliphatic heterocycles. The number of hydrogen-bond donors (Lipinski definition) is 2. The molecule has 4 atom stereocenters. The highest BCUT2D eigenvalue weighted by molar-refractivity contribution is 6.00. The number of aromatic nitrogens is 1. The van der Waals surface area contributed by atoms with Crippen molar-refractivity contribution >= 4 is 22.5 Å². The van der Waals surface area contributed by atoms with Gasteiger partial charge < -0.3 is 33.4 Å². The lowest BCUT2D eigenvalue weighted by Gasteiger charge is -2.24. The maximum Gasteiger partial charge on any atom is 0.287 e. The van der Waals surface area contributed by atoms with Crippen LogP contribution in [0.1, 0.15) is 43.7 Å². The molecule has 1 aromatic heterocycles. The number of hydrogen-bond acceptors (Lipinski definition) is 8. The highest BCUT2D eigenvalue weighted by Gasteiger charge is 2.56. The fraction of sp³-hybridized carbons (Fsp3) is 0.429. The Labute approximate surface area is 220 Å². The van der Waals surface area contributed by atoms with Gasteiger partial charge in [-0.3, -0.25) is 4.79 Å². The summed E-state index contributed by atoms with van der Waals surface area (Å²) in [6.07, 6.45) is -2.23. The lowest BCUT2D eigenvalue weighted by atomic mass is 10.1. The number of aromatic amines is 1. The molecule has 4 unspecified atom stereocenters. The van der Waals surface area contributed by atoms with E-state index in [4.69, 9.17) is 28.4 Å². The van der Waals surface area contributed by atoms with Crippen molar-refractivity contribution < 1.29 is 33.2 Å². The molecule has 3 fully saturated rings. The van der Waals surface area contributed by atoms with Gasteiger partial charge >= 0.3 is 0 Å². The molecular formula is C28H31N3O7. The smallest absolute Gasteiger partial charge is 0.287 e. The van der Waals surface area contributed by atoms with Crippen molar-refractivity contribution in [3.8, 4) is 5.75 Å². The van der Waals surface area contributed by atoms with Gasteiger partial charge in [-0.25, -0.2) is 5.43 Å². The minimum atomic E-state index is -0.838. The second-order valence-electron chi connectivity index (χ2n) is 10.5. The standard InChI is InChI=1S/C28H31N3O7/c1-27(2)34-15-21(36-27)23-22(24-26(35-23)38-28(3,4)37-24)30-31-25(32)20-13-17-12-18(10-11-19(17)29-20)33-14-16-8-6-5-7-9-16/h5-13,21,23-24,26,29H,14-15H2,1-4H3,(H,31,32). The third kappa shape index (κ3) is 5.05. The van der Waals surface area contributed by atoms with E-state index in [0.29, 0.717) is 30.4 Å². The number of nitrogens with zero attached hydrogens (tertiary/aromatic N) is 1. The number of hydrazone groups is 1. The Kier molecular flexibility index (Phi) is 6.24. The van der Waals surface area contributed by atoms with E-state index in [1.54, 1.807) is 19.9 Å². The zero-order valence-electron chi connectivity index (χ0n) is 21.7. The molecule has 3 saturated heterocycles. The van der Waals surface area contributed by atoms with E-state index < -0.39 is 42.1 Å². The minimum absolute atomic E-state index is 0.324. The number of ether oxygens (including phenoxy) is 6. The number of benzene rings is 2. The number of fused-ring (bicyclic) bond motifs is 2. The Morgan fingerprint density at radius 3 is 2.61 bits per heavy atom. The third-order valence-corrected chi connectivity index (χ3v) is 6.66. The van der Waals surface area contributed by atoms with Gasteiger partial charge in [0.1, 0.15) is 36.0 Å². The van der Waals surface area contributed by atoms with Gasteiger partial charge in [-0.15, -0.1) is 0 Å². The van der Waals surface area contributed by atoms with Crippen LogP contribution in [0, 0.1) is 0 Å². The monoisotopic (exact) mass is 521 g/mol. The largest absolute Gasteiger partial charge is 0.489 e. The first-order valence-electron chi connectivity index (χ1n) is 12.7. The van der Waals surface area contributed by atoms with E-state index in [0.717, 1.165) is 16.5 Å². The molecule has 2 aromatic carbocycles. The number of carbonyl (C=O) groups is 1. The number of H-pyrrole nitrogens is 1. The van der Waals surface area contributed by atoms with E-state index in [9.17, 15) is 4.79 Å². The number of rotatable bonds is 6. The first-order valence-corrected chi connectivity index (χ1v) is 12.7. The van der Waals surface area contributed by atoms with Crippen molar-refractivity contribution in [2.45, 2.75) is 70.5 Å². The van der Waals surface area contributed by atoms with Gasteiger partial charge in [0.15, 0.2) is 24.0 Å². The van der Waals surface area contributed by atoms with Crippen LogP contribution in [0.2, 0.25) is 0 Å². The average Bonchev–Trinajstić information content (AvgIpc) is 3.62. The summed E-state index contributed by atoms with van der Waals surface area (Å²) in [7, 11) is 0. The summed E-state index contributed by atoms with van der Waals surface area (Å²) < 4.78 is 35.7. The SMILES string of the molecule is CC1(C)OCC(C2OC3OC(C)(C)OC3C2=NNC(=O)c2cc3cc(OCc4ccccc4)ccc3[nH]2)O1. The molecule has 0 radical (unpaired) electrons. The van der Waals surface area contributed by atoms with E-state index in [2.05, 4.69) is 15.5 Å². The van der Waals surface area contributed by atoms with Crippen LogP contribution in [0.3, 0.4) is 0 Å². The summed E-state index contributed by atoms with van der Waals surface area (Å²) >= 11 is 0. The highest BCUT2D eigenvalue weighted by atomic mass is 16.8. The predicted octanol–water partition coefficient (Wildman–Crippen LogP) is 3.86. The molecule has 200 valence electrons. The van der Waals surface area contributed by atoms with Crippen molar-refractivity contribution in [3.05, 3.63) is 65.9 Å². The van der Waals surface area contributed by atoms with Crippen molar-refractivity contribution in [2.75, 3.05) is 6.61 Å². The van der Waals surface area contributed by atoms with Gasteiger partial charge in [-0.05, 0) is 57.5 Å². The number of nitrogens with one attached hydrogen (secondary N) is 2. The number of amides is 1. The summed E-state index contributed by atoms with van der Waals surface area (Å²) in [6, 6.07) is 17.4. The quantitative estimate of drug-likeness (QED) is 0.474. The molecule has 0 saturated carbocycles. The lowest BCUT2D eigenvalue weighted by molar-refractivity contribution is -0.211. The summed E-state index contributed by atoms with van der Waals surface area (Å²) in [5, 5.41) is 5.29.